The molecule has 0 bridgehead atoms. The minimum atomic E-state index is 0.0655. The standard InChI is InChI=1S/C15H9NO/c16-9-13-6-5-12-7-10-3-1-2-4-11(10)8-14(12)15(13)17/h1-8,17H. The van der Waals surface area contributed by atoms with Crippen molar-refractivity contribution >= 4 is 21.5 Å². The van der Waals surface area contributed by atoms with Gasteiger partial charge >= 0.3 is 0 Å². The van der Waals surface area contributed by atoms with E-state index in [2.05, 4.69) is 0 Å². The molecule has 0 aliphatic heterocycles. The molecule has 0 amide bonds. The molecule has 0 fully saturated rings. The summed E-state index contributed by atoms with van der Waals surface area (Å²) < 4.78 is 0. The van der Waals surface area contributed by atoms with Crippen LogP contribution in [0.5, 0.6) is 5.75 Å². The lowest BCUT2D eigenvalue weighted by Gasteiger charge is -2.05. The molecule has 0 unspecified atom stereocenters. The van der Waals surface area contributed by atoms with Crippen molar-refractivity contribution in [2.45, 2.75) is 0 Å². The summed E-state index contributed by atoms with van der Waals surface area (Å²) in [5.41, 5.74) is 0.313. The number of phenols is 1. The van der Waals surface area contributed by atoms with Crippen LogP contribution in [-0.4, -0.2) is 5.11 Å². The van der Waals surface area contributed by atoms with Crippen LogP contribution in [0.15, 0.2) is 48.5 Å². The van der Waals surface area contributed by atoms with Crippen LogP contribution < -0.4 is 0 Å². The van der Waals surface area contributed by atoms with E-state index in [0.717, 1.165) is 21.5 Å². The number of hydrogen-bond donors (Lipinski definition) is 1. The zero-order valence-corrected chi connectivity index (χ0v) is 9.01. The quantitative estimate of drug-likeness (QED) is 0.587. The number of nitrogens with zero attached hydrogens (tertiary/aromatic N) is 1. The highest BCUT2D eigenvalue weighted by molar-refractivity contribution is 6.01. The van der Waals surface area contributed by atoms with Gasteiger partial charge in [0.15, 0.2) is 0 Å². The van der Waals surface area contributed by atoms with Gasteiger partial charge in [0, 0.05) is 5.39 Å². The minimum Gasteiger partial charge on any atom is -0.506 e. The SMILES string of the molecule is N#Cc1ccc2cc3ccccc3cc2c1O. The van der Waals surface area contributed by atoms with Gasteiger partial charge in [0.2, 0.25) is 0 Å². The first kappa shape index (κ1) is 9.68. The van der Waals surface area contributed by atoms with Crippen LogP contribution in [0.3, 0.4) is 0 Å². The first-order valence-electron chi connectivity index (χ1n) is 5.34. The fraction of sp³-hybridized carbons (Fsp3) is 0. The summed E-state index contributed by atoms with van der Waals surface area (Å²) in [6.45, 7) is 0. The molecule has 0 saturated heterocycles. The predicted octanol–water partition coefficient (Wildman–Crippen LogP) is 3.57. The van der Waals surface area contributed by atoms with E-state index in [1.54, 1.807) is 6.07 Å². The van der Waals surface area contributed by atoms with Crippen LogP contribution in [-0.2, 0) is 0 Å². The lowest BCUT2D eigenvalue weighted by Crippen LogP contribution is -1.81. The molecule has 0 atom stereocenters. The number of fused-ring (bicyclic) bond motifs is 2. The molecule has 1 N–H and O–H groups in total. The van der Waals surface area contributed by atoms with E-state index in [4.69, 9.17) is 5.26 Å². The maximum Gasteiger partial charge on any atom is 0.141 e. The van der Waals surface area contributed by atoms with E-state index in [9.17, 15) is 5.11 Å². The molecule has 3 rings (SSSR count). The zero-order chi connectivity index (χ0) is 11.8. The summed E-state index contributed by atoms with van der Waals surface area (Å²) in [7, 11) is 0. The molecule has 0 aliphatic rings. The van der Waals surface area contributed by atoms with Crippen LogP contribution in [0.2, 0.25) is 0 Å². The molecule has 0 aliphatic carbocycles. The maximum atomic E-state index is 9.99. The molecule has 0 heterocycles. The van der Waals surface area contributed by atoms with Gasteiger partial charge in [-0.15, -0.1) is 0 Å². The molecule has 2 heteroatoms. The third-order valence-corrected chi connectivity index (χ3v) is 2.98. The van der Waals surface area contributed by atoms with Crippen molar-refractivity contribution in [3.8, 4) is 11.8 Å². The summed E-state index contributed by atoms with van der Waals surface area (Å²) in [6.07, 6.45) is 0. The molecule has 3 aromatic rings. The van der Waals surface area contributed by atoms with E-state index in [1.165, 1.54) is 0 Å². The number of benzene rings is 3. The summed E-state index contributed by atoms with van der Waals surface area (Å²) in [4.78, 5) is 0. The smallest absolute Gasteiger partial charge is 0.141 e. The Morgan fingerprint density at radius 1 is 0.882 bits per heavy atom. The third kappa shape index (κ3) is 1.41. The van der Waals surface area contributed by atoms with Crippen molar-refractivity contribution in [3.63, 3.8) is 0 Å². The van der Waals surface area contributed by atoms with E-state index in [-0.39, 0.29) is 5.75 Å². The highest BCUT2D eigenvalue weighted by Gasteiger charge is 2.06. The Morgan fingerprint density at radius 2 is 1.59 bits per heavy atom. The number of rotatable bonds is 0. The van der Waals surface area contributed by atoms with Crippen LogP contribution in [0.25, 0.3) is 21.5 Å². The van der Waals surface area contributed by atoms with Crippen molar-refractivity contribution in [1.29, 1.82) is 5.26 Å². The largest absolute Gasteiger partial charge is 0.506 e. The van der Waals surface area contributed by atoms with Gasteiger partial charge in [-0.25, -0.2) is 0 Å². The normalized spacial score (nSPS) is 10.5. The second kappa shape index (κ2) is 3.50. The van der Waals surface area contributed by atoms with Crippen LogP contribution >= 0.6 is 0 Å². The first-order chi connectivity index (χ1) is 8.29. The van der Waals surface area contributed by atoms with Crippen LogP contribution in [0.4, 0.5) is 0 Å². The Morgan fingerprint density at radius 3 is 2.29 bits per heavy atom. The van der Waals surface area contributed by atoms with E-state index in [1.807, 2.05) is 48.5 Å². The zero-order valence-electron chi connectivity index (χ0n) is 9.01. The summed E-state index contributed by atoms with van der Waals surface area (Å²) in [5, 5.41) is 22.7. The van der Waals surface area contributed by atoms with Gasteiger partial charge in [0.05, 0.1) is 5.56 Å². The number of aromatic hydroxyl groups is 1. The molecule has 0 saturated carbocycles. The summed E-state index contributed by atoms with van der Waals surface area (Å²) >= 11 is 0. The second-order valence-electron chi connectivity index (χ2n) is 3.99. The van der Waals surface area contributed by atoms with Gasteiger partial charge in [0.1, 0.15) is 11.8 Å². The van der Waals surface area contributed by atoms with Crippen molar-refractivity contribution in [2.24, 2.45) is 0 Å². The van der Waals surface area contributed by atoms with Crippen molar-refractivity contribution < 1.29 is 5.11 Å². The second-order valence-corrected chi connectivity index (χ2v) is 3.99. The topological polar surface area (TPSA) is 44.0 Å². The van der Waals surface area contributed by atoms with Gasteiger partial charge in [-0.2, -0.15) is 5.26 Å². The van der Waals surface area contributed by atoms with Crippen molar-refractivity contribution in [1.82, 2.24) is 0 Å². The van der Waals surface area contributed by atoms with E-state index in [0.29, 0.717) is 5.56 Å². The molecule has 80 valence electrons. The third-order valence-electron chi connectivity index (χ3n) is 2.98. The van der Waals surface area contributed by atoms with Crippen molar-refractivity contribution in [2.75, 3.05) is 0 Å². The molecule has 0 spiro atoms. The Balaban J connectivity index is 2.49. The van der Waals surface area contributed by atoms with E-state index >= 15 is 0 Å². The average Bonchev–Trinajstić information content (AvgIpc) is 2.37. The van der Waals surface area contributed by atoms with Crippen molar-refractivity contribution in [3.05, 3.63) is 54.1 Å². The summed E-state index contributed by atoms with van der Waals surface area (Å²) in [6, 6.07) is 17.4. The highest BCUT2D eigenvalue weighted by atomic mass is 16.3. The predicted molar refractivity (Wildman–Crippen MR) is 67.8 cm³/mol. The Kier molecular flexibility index (Phi) is 1.99. The van der Waals surface area contributed by atoms with Gasteiger partial charge in [-0.05, 0) is 34.4 Å². The fourth-order valence-corrected chi connectivity index (χ4v) is 2.09. The molecule has 17 heavy (non-hydrogen) atoms. The van der Waals surface area contributed by atoms with Crippen LogP contribution in [0.1, 0.15) is 5.56 Å². The minimum absolute atomic E-state index is 0.0655. The molecule has 0 radical (unpaired) electrons. The molecular weight excluding hydrogens is 210 g/mol. The number of phenolic OH excluding ortho intramolecular Hbond substituents is 1. The lowest BCUT2D eigenvalue weighted by molar-refractivity contribution is 0.480. The number of hydrogen-bond acceptors (Lipinski definition) is 2. The Hall–Kier alpha value is -2.53. The van der Waals surface area contributed by atoms with Crippen LogP contribution in [0, 0.1) is 11.3 Å². The molecule has 3 aromatic carbocycles. The Bertz CT molecular complexity index is 769. The molecule has 0 aromatic heterocycles. The van der Waals surface area contributed by atoms with Gasteiger partial charge in [0.25, 0.3) is 0 Å². The summed E-state index contributed by atoms with van der Waals surface area (Å²) in [5.74, 6) is 0.0655. The molecule has 2 nitrogen and oxygen atoms in total. The van der Waals surface area contributed by atoms with Gasteiger partial charge in [-0.3, -0.25) is 0 Å². The lowest BCUT2D eigenvalue weighted by atomic mass is 10.0. The van der Waals surface area contributed by atoms with E-state index < -0.39 is 0 Å². The monoisotopic (exact) mass is 219 g/mol. The first-order valence-corrected chi connectivity index (χ1v) is 5.34. The maximum absolute atomic E-state index is 9.99. The molecular formula is C15H9NO. The fourth-order valence-electron chi connectivity index (χ4n) is 2.09. The average molecular weight is 219 g/mol. The highest BCUT2D eigenvalue weighted by Crippen LogP contribution is 2.31. The number of nitriles is 1. The van der Waals surface area contributed by atoms with Gasteiger partial charge in [-0.1, -0.05) is 30.3 Å². The Labute approximate surface area is 98.3 Å². The van der Waals surface area contributed by atoms with Gasteiger partial charge < -0.3 is 5.11 Å².